The van der Waals surface area contributed by atoms with E-state index in [-0.39, 0.29) is 19.4 Å². The molecule has 2 rings (SSSR count). The minimum atomic E-state index is -1.23. The van der Waals surface area contributed by atoms with Crippen LogP contribution in [0.1, 0.15) is 31.4 Å². The van der Waals surface area contributed by atoms with Gasteiger partial charge in [0.1, 0.15) is 11.7 Å². The van der Waals surface area contributed by atoms with Gasteiger partial charge in [0.2, 0.25) is 5.78 Å². The monoisotopic (exact) mass is 336 g/mol. The fourth-order valence-electron chi connectivity index (χ4n) is 2.80. The molecule has 0 bridgehead atoms. The Labute approximate surface area is 138 Å². The summed E-state index contributed by atoms with van der Waals surface area (Å²) in [6, 6.07) is 5.80. The number of carboxylic acid groups (broad SMARTS) is 1. The molecule has 1 heterocycles. The lowest BCUT2D eigenvalue weighted by Gasteiger charge is -2.27. The first kappa shape index (κ1) is 17.1. The normalized spacial score (nSPS) is 20.9. The van der Waals surface area contributed by atoms with Crippen LogP contribution in [0.15, 0.2) is 24.3 Å². The summed E-state index contributed by atoms with van der Waals surface area (Å²) in [5.41, 5.74) is 0.613. The summed E-state index contributed by atoms with van der Waals surface area (Å²) in [5, 5.41) is 11.0. The predicted octanol–water partition coefficient (Wildman–Crippen LogP) is 0.528. The molecule has 1 fully saturated rings. The third kappa shape index (κ3) is 3.59. The summed E-state index contributed by atoms with van der Waals surface area (Å²) in [5.74, 6) is -4.22. The van der Waals surface area contributed by atoms with Gasteiger partial charge in [-0.05, 0) is 37.5 Å². The SMILES string of the molecule is CC(=O)C1C(=O)C(=O)N(CCCC(=O)[O-])C1c1ccc(Cl)cc1. The maximum atomic E-state index is 12.2. The van der Waals surface area contributed by atoms with Crippen LogP contribution in [-0.2, 0) is 19.2 Å². The molecule has 1 aromatic carbocycles. The van der Waals surface area contributed by atoms with Gasteiger partial charge >= 0.3 is 0 Å². The number of likely N-dealkylation sites (tertiary alicyclic amines) is 1. The van der Waals surface area contributed by atoms with Crippen LogP contribution < -0.4 is 5.11 Å². The van der Waals surface area contributed by atoms with Gasteiger partial charge in [0.05, 0.1) is 6.04 Å². The molecule has 7 heteroatoms. The largest absolute Gasteiger partial charge is 0.550 e. The molecule has 0 spiro atoms. The van der Waals surface area contributed by atoms with Crippen molar-refractivity contribution in [3.05, 3.63) is 34.9 Å². The highest BCUT2D eigenvalue weighted by Gasteiger charge is 2.49. The average molecular weight is 337 g/mol. The van der Waals surface area contributed by atoms with E-state index in [1.54, 1.807) is 24.3 Å². The van der Waals surface area contributed by atoms with Crippen LogP contribution in [0.3, 0.4) is 0 Å². The lowest BCUT2D eigenvalue weighted by Crippen LogP contribution is -2.32. The number of aliphatic carboxylic acids is 1. The van der Waals surface area contributed by atoms with E-state index in [1.807, 2.05) is 0 Å². The predicted molar refractivity (Wildman–Crippen MR) is 79.3 cm³/mol. The number of amides is 1. The number of hydrogen-bond acceptors (Lipinski definition) is 5. The molecule has 1 aliphatic heterocycles. The summed E-state index contributed by atoms with van der Waals surface area (Å²) in [7, 11) is 0. The number of rotatable bonds is 6. The third-order valence-corrected chi connectivity index (χ3v) is 4.09. The van der Waals surface area contributed by atoms with Crippen molar-refractivity contribution in [1.29, 1.82) is 0 Å². The first-order valence-corrected chi connectivity index (χ1v) is 7.51. The van der Waals surface area contributed by atoms with Crippen molar-refractivity contribution in [2.45, 2.75) is 25.8 Å². The lowest BCUT2D eigenvalue weighted by atomic mass is 9.90. The van der Waals surface area contributed by atoms with Gasteiger partial charge in [-0.3, -0.25) is 14.4 Å². The minimum absolute atomic E-state index is 0.0651. The second-order valence-electron chi connectivity index (χ2n) is 5.42. The molecule has 23 heavy (non-hydrogen) atoms. The maximum absolute atomic E-state index is 12.2. The Balaban J connectivity index is 2.34. The zero-order valence-corrected chi connectivity index (χ0v) is 13.2. The Hall–Kier alpha value is -2.21. The molecule has 0 aliphatic carbocycles. The molecule has 1 amide bonds. The van der Waals surface area contributed by atoms with Crippen LogP contribution in [0, 0.1) is 5.92 Å². The fraction of sp³-hybridized carbons (Fsp3) is 0.375. The van der Waals surface area contributed by atoms with Gasteiger partial charge in [-0.25, -0.2) is 0 Å². The summed E-state index contributed by atoms with van der Waals surface area (Å²) in [6.07, 6.45) is -0.0773. The summed E-state index contributed by atoms with van der Waals surface area (Å²) >= 11 is 5.84. The van der Waals surface area contributed by atoms with E-state index in [9.17, 15) is 24.3 Å². The van der Waals surface area contributed by atoms with E-state index in [0.717, 1.165) is 0 Å². The standard InChI is InChI=1S/C16H16ClNO5/c1-9(19)13-14(10-4-6-11(17)7-5-10)18(16(23)15(13)22)8-2-3-12(20)21/h4-7,13-14H,2-3,8H2,1H3,(H,20,21)/p-1. The molecular weight excluding hydrogens is 322 g/mol. The zero-order valence-electron chi connectivity index (χ0n) is 12.5. The highest BCUT2D eigenvalue weighted by Crippen LogP contribution is 2.37. The topological polar surface area (TPSA) is 94.6 Å². The van der Waals surface area contributed by atoms with Crippen LogP contribution in [0.5, 0.6) is 0 Å². The second-order valence-corrected chi connectivity index (χ2v) is 5.86. The van der Waals surface area contributed by atoms with E-state index in [1.165, 1.54) is 11.8 Å². The van der Waals surface area contributed by atoms with E-state index < -0.39 is 35.4 Å². The van der Waals surface area contributed by atoms with Crippen LogP contribution in [0.4, 0.5) is 0 Å². The highest BCUT2D eigenvalue weighted by molar-refractivity contribution is 6.42. The number of Topliss-reactive ketones (excluding diaryl/α,β-unsaturated/α-hetero) is 2. The molecule has 2 atom stereocenters. The van der Waals surface area contributed by atoms with Crippen molar-refractivity contribution in [3.63, 3.8) is 0 Å². The van der Waals surface area contributed by atoms with Crippen molar-refractivity contribution in [1.82, 2.24) is 4.90 Å². The van der Waals surface area contributed by atoms with Gasteiger partial charge in [-0.15, -0.1) is 0 Å². The van der Waals surface area contributed by atoms with Crippen LogP contribution in [0.2, 0.25) is 5.02 Å². The molecule has 1 aliphatic rings. The molecule has 122 valence electrons. The van der Waals surface area contributed by atoms with Crippen molar-refractivity contribution >= 4 is 35.0 Å². The van der Waals surface area contributed by atoms with Crippen molar-refractivity contribution < 1.29 is 24.3 Å². The smallest absolute Gasteiger partial charge is 0.291 e. The fourth-order valence-corrected chi connectivity index (χ4v) is 2.92. The van der Waals surface area contributed by atoms with Crippen LogP contribution in [-0.4, -0.2) is 34.9 Å². The number of carbonyl (C=O) groups excluding carboxylic acids is 4. The van der Waals surface area contributed by atoms with Gasteiger partial charge in [-0.1, -0.05) is 23.7 Å². The maximum Gasteiger partial charge on any atom is 0.291 e. The van der Waals surface area contributed by atoms with Crippen molar-refractivity contribution in [2.24, 2.45) is 5.92 Å². The number of nitrogens with zero attached hydrogens (tertiary/aromatic N) is 1. The Kier molecular flexibility index (Phi) is 5.15. The van der Waals surface area contributed by atoms with Crippen molar-refractivity contribution in [2.75, 3.05) is 6.54 Å². The van der Waals surface area contributed by atoms with E-state index >= 15 is 0 Å². The molecular formula is C16H15ClNO5-. The number of ketones is 2. The average Bonchev–Trinajstić information content (AvgIpc) is 2.72. The Morgan fingerprint density at radius 3 is 2.35 bits per heavy atom. The number of halogens is 1. The van der Waals surface area contributed by atoms with Gasteiger partial charge in [0.25, 0.3) is 5.91 Å². The van der Waals surface area contributed by atoms with Gasteiger partial charge in [0.15, 0.2) is 0 Å². The zero-order chi connectivity index (χ0) is 17.1. The summed E-state index contributed by atoms with van der Waals surface area (Å²) < 4.78 is 0. The number of hydrogen-bond donors (Lipinski definition) is 0. The van der Waals surface area contributed by atoms with E-state index in [2.05, 4.69) is 0 Å². The molecule has 1 aromatic rings. The number of carboxylic acids is 1. The van der Waals surface area contributed by atoms with Crippen LogP contribution in [0.25, 0.3) is 0 Å². The minimum Gasteiger partial charge on any atom is -0.550 e. The summed E-state index contributed by atoms with van der Waals surface area (Å²) in [6.45, 7) is 1.33. The van der Waals surface area contributed by atoms with Gasteiger partial charge in [-0.2, -0.15) is 0 Å². The molecule has 0 aromatic heterocycles. The van der Waals surface area contributed by atoms with Gasteiger partial charge < -0.3 is 14.8 Å². The third-order valence-electron chi connectivity index (χ3n) is 3.84. The molecule has 0 N–H and O–H groups in total. The molecule has 0 radical (unpaired) electrons. The quantitative estimate of drug-likeness (QED) is 0.558. The molecule has 2 unspecified atom stereocenters. The van der Waals surface area contributed by atoms with Crippen LogP contribution >= 0.6 is 11.6 Å². The Morgan fingerprint density at radius 2 is 1.83 bits per heavy atom. The Bertz CT molecular complexity index is 655. The second kappa shape index (κ2) is 6.91. The van der Waals surface area contributed by atoms with E-state index in [4.69, 9.17) is 11.6 Å². The first-order chi connectivity index (χ1) is 10.8. The lowest BCUT2D eigenvalue weighted by molar-refractivity contribution is -0.305. The van der Waals surface area contributed by atoms with E-state index in [0.29, 0.717) is 10.6 Å². The highest BCUT2D eigenvalue weighted by atomic mass is 35.5. The number of carbonyl (C=O) groups is 4. The molecule has 6 nitrogen and oxygen atoms in total. The number of benzene rings is 1. The van der Waals surface area contributed by atoms with Crippen molar-refractivity contribution in [3.8, 4) is 0 Å². The molecule has 1 saturated heterocycles. The summed E-state index contributed by atoms with van der Waals surface area (Å²) in [4.78, 5) is 48.0. The molecule has 0 saturated carbocycles. The first-order valence-electron chi connectivity index (χ1n) is 7.13. The Morgan fingerprint density at radius 1 is 1.22 bits per heavy atom. The van der Waals surface area contributed by atoms with Gasteiger partial charge in [0, 0.05) is 17.5 Å².